The van der Waals surface area contributed by atoms with Crippen LogP contribution in [0, 0.1) is 11.7 Å². The molecule has 3 N–H and O–H groups in total. The zero-order valence-corrected chi connectivity index (χ0v) is 12.1. The Kier molecular flexibility index (Phi) is 3.81. The van der Waals surface area contributed by atoms with Crippen LogP contribution in [0.1, 0.15) is 12.0 Å². The number of hydrogen-bond donors (Lipinski definition) is 3. The third kappa shape index (κ3) is 2.86. The molecule has 0 saturated carbocycles. The van der Waals surface area contributed by atoms with Crippen LogP contribution in [-0.2, 0) is 22.4 Å². The molecule has 21 heavy (non-hydrogen) atoms. The summed E-state index contributed by atoms with van der Waals surface area (Å²) in [5.41, 5.74) is 0.506. The Morgan fingerprint density at radius 2 is 2.29 bits per heavy atom. The van der Waals surface area contributed by atoms with Crippen molar-refractivity contribution < 1.29 is 18.5 Å². The van der Waals surface area contributed by atoms with Gasteiger partial charge in [-0.15, -0.1) is 0 Å². The number of nitrogens with one attached hydrogen (secondary N) is 2. The quantitative estimate of drug-likeness (QED) is 0.744. The van der Waals surface area contributed by atoms with E-state index in [2.05, 4.69) is 10.0 Å². The van der Waals surface area contributed by atoms with E-state index >= 15 is 0 Å². The minimum atomic E-state index is -1.85. The van der Waals surface area contributed by atoms with Gasteiger partial charge in [0.2, 0.25) is 11.2 Å². The van der Waals surface area contributed by atoms with E-state index < -0.39 is 22.9 Å². The first-order chi connectivity index (χ1) is 10.0. The zero-order valence-electron chi connectivity index (χ0n) is 11.3. The van der Waals surface area contributed by atoms with E-state index in [-0.39, 0.29) is 18.0 Å². The molecule has 3 rings (SSSR count). The average molecular weight is 313 g/mol. The number of phenolic OH excluding ortho intramolecular Hbond substituents is 1. The van der Waals surface area contributed by atoms with Gasteiger partial charge in [0.05, 0.1) is 0 Å². The second-order valence-corrected chi connectivity index (χ2v) is 6.46. The summed E-state index contributed by atoms with van der Waals surface area (Å²) in [5.74, 6) is -0.992. The standard InChI is InChI=1S/C13H16FN3O3S/c14-10-4-9(3-8-1-2-15-6-8)5-11(18)13(10)17-7-12(19)16-21(17)20/h4-5,8,15,18H,1-3,6-7H2,(H,16,19). The van der Waals surface area contributed by atoms with Crippen molar-refractivity contribution in [3.63, 3.8) is 0 Å². The molecule has 1 amide bonds. The molecule has 2 saturated heterocycles. The van der Waals surface area contributed by atoms with Gasteiger partial charge >= 0.3 is 0 Å². The number of anilines is 1. The molecule has 0 radical (unpaired) electrons. The van der Waals surface area contributed by atoms with Crippen LogP contribution in [0.15, 0.2) is 12.1 Å². The maximum absolute atomic E-state index is 14.2. The summed E-state index contributed by atoms with van der Waals surface area (Å²) in [6.07, 6.45) is 1.71. The van der Waals surface area contributed by atoms with Gasteiger partial charge in [-0.2, -0.15) is 0 Å². The van der Waals surface area contributed by atoms with Crippen molar-refractivity contribution in [2.45, 2.75) is 12.8 Å². The van der Waals surface area contributed by atoms with Gasteiger partial charge in [-0.25, -0.2) is 8.60 Å². The summed E-state index contributed by atoms with van der Waals surface area (Å²) in [6.45, 7) is 1.61. The number of carbonyl (C=O) groups is 1. The molecule has 2 unspecified atom stereocenters. The minimum Gasteiger partial charge on any atom is -0.506 e. The van der Waals surface area contributed by atoms with Crippen LogP contribution < -0.4 is 14.3 Å². The SMILES string of the molecule is O=C1CN(c2c(O)cc(CC3CCNC3)cc2F)S(=O)N1. The molecule has 1 aromatic rings. The highest BCUT2D eigenvalue weighted by atomic mass is 32.2. The highest BCUT2D eigenvalue weighted by Gasteiger charge is 2.31. The van der Waals surface area contributed by atoms with Gasteiger partial charge in [0.15, 0.2) is 5.82 Å². The van der Waals surface area contributed by atoms with Crippen LogP contribution in [0.5, 0.6) is 5.75 Å². The lowest BCUT2D eigenvalue weighted by Crippen LogP contribution is -2.23. The molecule has 0 aromatic heterocycles. The lowest BCUT2D eigenvalue weighted by molar-refractivity contribution is -0.117. The molecule has 2 aliphatic rings. The van der Waals surface area contributed by atoms with Crippen LogP contribution in [0.25, 0.3) is 0 Å². The Hall–Kier alpha value is -1.67. The monoisotopic (exact) mass is 313 g/mol. The lowest BCUT2D eigenvalue weighted by Gasteiger charge is -2.17. The largest absolute Gasteiger partial charge is 0.506 e. The third-order valence-corrected chi connectivity index (χ3v) is 4.84. The number of rotatable bonds is 3. The number of aromatic hydroxyl groups is 1. The Labute approximate surface area is 124 Å². The van der Waals surface area contributed by atoms with Gasteiger partial charge in [0, 0.05) is 0 Å². The van der Waals surface area contributed by atoms with Crippen molar-refractivity contribution in [2.24, 2.45) is 5.92 Å². The molecule has 1 aromatic carbocycles. The second kappa shape index (κ2) is 5.61. The zero-order chi connectivity index (χ0) is 15.0. The number of nitrogens with zero attached hydrogens (tertiary/aromatic N) is 1. The average Bonchev–Trinajstić information content (AvgIpc) is 2.99. The van der Waals surface area contributed by atoms with Crippen LogP contribution >= 0.6 is 0 Å². The summed E-state index contributed by atoms with van der Waals surface area (Å²) >= 11 is -1.85. The molecule has 6 nitrogen and oxygen atoms in total. The van der Waals surface area contributed by atoms with Crippen molar-refractivity contribution in [1.82, 2.24) is 10.0 Å². The van der Waals surface area contributed by atoms with E-state index in [1.807, 2.05) is 0 Å². The summed E-state index contributed by atoms with van der Waals surface area (Å²) in [6, 6.07) is 2.82. The Morgan fingerprint density at radius 1 is 1.48 bits per heavy atom. The van der Waals surface area contributed by atoms with E-state index in [1.54, 1.807) is 0 Å². The summed E-state index contributed by atoms with van der Waals surface area (Å²) < 4.78 is 29.1. The first kappa shape index (κ1) is 14.3. The fourth-order valence-electron chi connectivity index (χ4n) is 2.76. The van der Waals surface area contributed by atoms with Gasteiger partial charge in [-0.05, 0) is 49.5 Å². The fraction of sp³-hybridized carbons (Fsp3) is 0.462. The molecule has 8 heteroatoms. The molecule has 0 aliphatic carbocycles. The van der Waals surface area contributed by atoms with E-state index in [4.69, 9.17) is 0 Å². The predicted molar refractivity (Wildman–Crippen MR) is 76.4 cm³/mol. The van der Waals surface area contributed by atoms with E-state index in [1.165, 1.54) is 12.1 Å². The van der Waals surface area contributed by atoms with E-state index in [0.717, 1.165) is 23.8 Å². The van der Waals surface area contributed by atoms with Crippen LogP contribution in [0.4, 0.5) is 10.1 Å². The molecule has 0 spiro atoms. The topological polar surface area (TPSA) is 81.7 Å². The highest BCUT2D eigenvalue weighted by Crippen LogP contribution is 2.34. The predicted octanol–water partition coefficient (Wildman–Crippen LogP) is 0.198. The number of amides is 1. The van der Waals surface area contributed by atoms with Gasteiger partial charge < -0.3 is 10.4 Å². The maximum Gasteiger partial charge on any atom is 0.253 e. The number of hydrogen-bond acceptors (Lipinski definition) is 4. The number of phenols is 1. The van der Waals surface area contributed by atoms with Crippen molar-refractivity contribution >= 4 is 22.8 Å². The Morgan fingerprint density at radius 3 is 2.86 bits per heavy atom. The second-order valence-electron chi connectivity index (χ2n) is 5.32. The number of carbonyl (C=O) groups excluding carboxylic acids is 1. The molecule has 2 heterocycles. The van der Waals surface area contributed by atoms with E-state index in [9.17, 15) is 18.5 Å². The summed E-state index contributed by atoms with van der Waals surface area (Å²) in [4.78, 5) is 11.2. The molecule has 2 atom stereocenters. The minimum absolute atomic E-state index is 0.194. The normalized spacial score (nSPS) is 25.4. The van der Waals surface area contributed by atoms with Crippen molar-refractivity contribution in [3.05, 3.63) is 23.5 Å². The van der Waals surface area contributed by atoms with Crippen molar-refractivity contribution in [3.8, 4) is 5.75 Å². The lowest BCUT2D eigenvalue weighted by atomic mass is 9.98. The Bertz CT molecular complexity index is 581. The summed E-state index contributed by atoms with van der Waals surface area (Å²) in [7, 11) is 0. The number of halogens is 1. The van der Waals surface area contributed by atoms with Crippen LogP contribution in [-0.4, -0.2) is 34.9 Å². The third-order valence-electron chi connectivity index (χ3n) is 3.73. The smallest absolute Gasteiger partial charge is 0.253 e. The van der Waals surface area contributed by atoms with Crippen molar-refractivity contribution in [2.75, 3.05) is 23.9 Å². The van der Waals surface area contributed by atoms with Crippen LogP contribution in [0.3, 0.4) is 0 Å². The first-order valence-electron chi connectivity index (χ1n) is 6.75. The molecule has 0 bridgehead atoms. The maximum atomic E-state index is 14.2. The Balaban J connectivity index is 1.85. The number of benzene rings is 1. The highest BCUT2D eigenvalue weighted by molar-refractivity contribution is 7.85. The molecule has 114 valence electrons. The van der Waals surface area contributed by atoms with Crippen LogP contribution in [0.2, 0.25) is 0 Å². The molecule has 2 fully saturated rings. The molecule has 2 aliphatic heterocycles. The summed E-state index contributed by atoms with van der Waals surface area (Å²) in [5, 5.41) is 13.3. The molecular formula is C13H16FN3O3S. The first-order valence-corrected chi connectivity index (χ1v) is 7.86. The van der Waals surface area contributed by atoms with Gasteiger partial charge in [0.25, 0.3) is 5.91 Å². The fourth-order valence-corrected chi connectivity index (χ4v) is 3.71. The van der Waals surface area contributed by atoms with Gasteiger partial charge in [-0.1, -0.05) is 0 Å². The van der Waals surface area contributed by atoms with Gasteiger partial charge in [0.1, 0.15) is 18.0 Å². The van der Waals surface area contributed by atoms with Crippen molar-refractivity contribution in [1.29, 1.82) is 0 Å². The van der Waals surface area contributed by atoms with Gasteiger partial charge in [-0.3, -0.25) is 13.8 Å². The molecular weight excluding hydrogens is 297 g/mol. The van der Waals surface area contributed by atoms with E-state index in [0.29, 0.717) is 17.9 Å².